The Morgan fingerprint density at radius 3 is 2.26 bits per heavy atom. The van der Waals surface area contributed by atoms with Crippen molar-refractivity contribution < 1.29 is 14.3 Å². The number of benzene rings is 3. The minimum absolute atomic E-state index is 0.00175. The Kier molecular flexibility index (Phi) is 11.3. The molecule has 206 valence electrons. The van der Waals surface area contributed by atoms with E-state index in [-0.39, 0.29) is 17.9 Å². The van der Waals surface area contributed by atoms with Crippen LogP contribution < -0.4 is 10.1 Å². The molecule has 4 rings (SSSR count). The second kappa shape index (κ2) is 15.4. The predicted molar refractivity (Wildman–Crippen MR) is 160 cm³/mol. The van der Waals surface area contributed by atoms with Crippen LogP contribution in [0.5, 0.6) is 5.75 Å². The third-order valence-corrected chi connectivity index (χ3v) is 8.31. The number of hydrogen-bond donors (Lipinski definition) is 1. The SMILES string of the molecule is COc1cccc(CN(C(=O)CCSCc2ccccc2)[C@@H](Cc2ccccc2)C(=O)NC2CCCCC2)c1. The maximum atomic E-state index is 13.9. The molecule has 39 heavy (non-hydrogen) atoms. The summed E-state index contributed by atoms with van der Waals surface area (Å²) < 4.78 is 5.44. The van der Waals surface area contributed by atoms with Gasteiger partial charge in [-0.25, -0.2) is 0 Å². The van der Waals surface area contributed by atoms with Gasteiger partial charge in [0.1, 0.15) is 11.8 Å². The van der Waals surface area contributed by atoms with Gasteiger partial charge in [0.2, 0.25) is 11.8 Å². The highest BCUT2D eigenvalue weighted by atomic mass is 32.2. The van der Waals surface area contributed by atoms with E-state index in [1.165, 1.54) is 12.0 Å². The summed E-state index contributed by atoms with van der Waals surface area (Å²) in [5, 5.41) is 3.31. The summed E-state index contributed by atoms with van der Waals surface area (Å²) >= 11 is 1.75. The number of nitrogens with one attached hydrogen (secondary N) is 1. The number of rotatable bonds is 13. The van der Waals surface area contributed by atoms with Crippen molar-refractivity contribution in [2.24, 2.45) is 0 Å². The van der Waals surface area contributed by atoms with Crippen molar-refractivity contribution in [3.63, 3.8) is 0 Å². The Bertz CT molecular complexity index is 1170. The first-order valence-electron chi connectivity index (χ1n) is 14.0. The van der Waals surface area contributed by atoms with E-state index in [0.717, 1.165) is 48.3 Å². The van der Waals surface area contributed by atoms with Crippen LogP contribution in [0.15, 0.2) is 84.9 Å². The van der Waals surface area contributed by atoms with Crippen LogP contribution in [0.1, 0.15) is 55.2 Å². The molecule has 3 aromatic carbocycles. The van der Waals surface area contributed by atoms with Crippen LogP contribution in [-0.2, 0) is 28.3 Å². The predicted octanol–water partition coefficient (Wildman–Crippen LogP) is 6.41. The molecule has 0 bridgehead atoms. The van der Waals surface area contributed by atoms with Gasteiger partial charge < -0.3 is 15.0 Å². The number of carbonyl (C=O) groups excluding carboxylic acids is 2. The summed E-state index contributed by atoms with van der Waals surface area (Å²) in [6.07, 6.45) is 6.36. The zero-order valence-corrected chi connectivity index (χ0v) is 23.7. The molecular formula is C33H40N2O3S. The summed E-state index contributed by atoms with van der Waals surface area (Å²) in [4.78, 5) is 29.5. The van der Waals surface area contributed by atoms with Crippen molar-refractivity contribution in [1.82, 2.24) is 10.2 Å². The third-order valence-electron chi connectivity index (χ3n) is 7.28. The van der Waals surface area contributed by atoms with E-state index in [1.807, 2.05) is 72.8 Å². The molecule has 1 N–H and O–H groups in total. The van der Waals surface area contributed by atoms with Crippen molar-refractivity contribution in [2.45, 2.75) is 69.3 Å². The molecule has 0 radical (unpaired) electrons. The smallest absolute Gasteiger partial charge is 0.243 e. The van der Waals surface area contributed by atoms with Gasteiger partial charge in [-0.05, 0) is 41.7 Å². The lowest BCUT2D eigenvalue weighted by atomic mass is 9.94. The molecule has 3 aromatic rings. The summed E-state index contributed by atoms with van der Waals surface area (Å²) in [5.74, 6) is 2.24. The lowest BCUT2D eigenvalue weighted by molar-refractivity contribution is -0.141. The minimum atomic E-state index is -0.591. The first-order valence-corrected chi connectivity index (χ1v) is 15.2. The maximum Gasteiger partial charge on any atom is 0.243 e. The van der Waals surface area contributed by atoms with Gasteiger partial charge in [-0.1, -0.05) is 92.1 Å². The van der Waals surface area contributed by atoms with Crippen LogP contribution in [0.25, 0.3) is 0 Å². The Labute approximate surface area is 237 Å². The topological polar surface area (TPSA) is 58.6 Å². The van der Waals surface area contributed by atoms with E-state index >= 15 is 0 Å². The van der Waals surface area contributed by atoms with Gasteiger partial charge in [-0.15, -0.1) is 0 Å². The van der Waals surface area contributed by atoms with Crippen LogP contribution in [0.2, 0.25) is 0 Å². The number of ether oxygens (including phenoxy) is 1. The van der Waals surface area contributed by atoms with Crippen LogP contribution in [0, 0.1) is 0 Å². The average molecular weight is 545 g/mol. The largest absolute Gasteiger partial charge is 0.497 e. The Morgan fingerprint density at radius 2 is 1.56 bits per heavy atom. The Morgan fingerprint density at radius 1 is 0.897 bits per heavy atom. The van der Waals surface area contributed by atoms with Crippen LogP contribution >= 0.6 is 11.8 Å². The van der Waals surface area contributed by atoms with E-state index in [4.69, 9.17) is 4.74 Å². The van der Waals surface area contributed by atoms with Crippen molar-refractivity contribution in [1.29, 1.82) is 0 Å². The van der Waals surface area contributed by atoms with Crippen molar-refractivity contribution in [2.75, 3.05) is 12.9 Å². The van der Waals surface area contributed by atoms with E-state index in [1.54, 1.807) is 23.8 Å². The zero-order valence-electron chi connectivity index (χ0n) is 22.9. The standard InChI is InChI=1S/C33H40N2O3S/c1-38-30-19-11-16-28(22-30)24-35(32(36)20-21-39-25-27-14-7-3-8-15-27)31(23-26-12-5-2-6-13-26)33(37)34-29-17-9-4-10-18-29/h2-3,5-8,11-16,19,22,29,31H,4,9-10,17-18,20-21,23-25H2,1H3,(H,34,37)/t31-/m0/s1. The highest BCUT2D eigenvalue weighted by Gasteiger charge is 2.31. The minimum Gasteiger partial charge on any atom is -0.497 e. The summed E-state index contributed by atoms with van der Waals surface area (Å²) in [6.45, 7) is 0.356. The molecule has 0 heterocycles. The third kappa shape index (κ3) is 9.17. The molecule has 1 atom stereocenters. The molecule has 1 aliphatic rings. The van der Waals surface area contributed by atoms with Crippen molar-refractivity contribution >= 4 is 23.6 Å². The monoisotopic (exact) mass is 544 g/mol. The number of carbonyl (C=O) groups is 2. The molecule has 5 nitrogen and oxygen atoms in total. The fourth-order valence-corrected chi connectivity index (χ4v) is 6.02. The summed E-state index contributed by atoms with van der Waals surface area (Å²) in [5.41, 5.74) is 3.24. The molecule has 0 aromatic heterocycles. The van der Waals surface area contributed by atoms with E-state index in [0.29, 0.717) is 25.1 Å². The summed E-state index contributed by atoms with van der Waals surface area (Å²) in [7, 11) is 1.64. The molecular weight excluding hydrogens is 504 g/mol. The molecule has 6 heteroatoms. The van der Waals surface area contributed by atoms with Gasteiger partial charge in [0.25, 0.3) is 0 Å². The Hall–Kier alpha value is -3.25. The van der Waals surface area contributed by atoms with Gasteiger partial charge in [-0.3, -0.25) is 9.59 Å². The molecule has 0 aliphatic heterocycles. The van der Waals surface area contributed by atoms with Crippen molar-refractivity contribution in [3.05, 3.63) is 102 Å². The number of thioether (sulfide) groups is 1. The quantitative estimate of drug-likeness (QED) is 0.253. The van der Waals surface area contributed by atoms with Gasteiger partial charge in [0.15, 0.2) is 0 Å². The molecule has 0 unspecified atom stereocenters. The second-order valence-corrected chi connectivity index (χ2v) is 11.3. The fourth-order valence-electron chi connectivity index (χ4n) is 5.13. The lowest BCUT2D eigenvalue weighted by Crippen LogP contribution is -2.52. The first kappa shape index (κ1) is 28.8. The normalized spacial score (nSPS) is 14.4. The molecule has 0 saturated heterocycles. The van der Waals surface area contributed by atoms with Gasteiger partial charge in [0.05, 0.1) is 7.11 Å². The van der Waals surface area contributed by atoms with Crippen molar-refractivity contribution in [3.8, 4) is 5.75 Å². The number of amides is 2. The fraction of sp³-hybridized carbons (Fsp3) is 0.394. The molecule has 1 fully saturated rings. The maximum absolute atomic E-state index is 13.9. The molecule has 2 amide bonds. The second-order valence-electron chi connectivity index (χ2n) is 10.2. The zero-order chi connectivity index (χ0) is 27.3. The number of methoxy groups -OCH3 is 1. The number of hydrogen-bond acceptors (Lipinski definition) is 4. The van der Waals surface area contributed by atoms with Gasteiger partial charge >= 0.3 is 0 Å². The van der Waals surface area contributed by atoms with Crippen LogP contribution in [-0.4, -0.2) is 41.7 Å². The van der Waals surface area contributed by atoms with E-state index in [9.17, 15) is 9.59 Å². The summed E-state index contributed by atoms with van der Waals surface area (Å²) in [6, 6.07) is 27.7. The molecule has 1 saturated carbocycles. The first-order chi connectivity index (χ1) is 19.1. The average Bonchev–Trinajstić information content (AvgIpc) is 2.98. The number of nitrogens with zero attached hydrogens (tertiary/aromatic N) is 1. The van der Waals surface area contributed by atoms with Gasteiger partial charge in [-0.2, -0.15) is 11.8 Å². The Balaban J connectivity index is 1.54. The van der Waals surface area contributed by atoms with E-state index in [2.05, 4.69) is 17.4 Å². The molecule has 1 aliphatic carbocycles. The van der Waals surface area contributed by atoms with E-state index < -0.39 is 6.04 Å². The van der Waals surface area contributed by atoms with Crippen LogP contribution in [0.3, 0.4) is 0 Å². The van der Waals surface area contributed by atoms with Crippen LogP contribution in [0.4, 0.5) is 0 Å². The lowest BCUT2D eigenvalue weighted by Gasteiger charge is -2.33. The molecule has 0 spiro atoms. The highest BCUT2D eigenvalue weighted by Crippen LogP contribution is 2.22. The van der Waals surface area contributed by atoms with Gasteiger partial charge in [0, 0.05) is 36.9 Å². The highest BCUT2D eigenvalue weighted by molar-refractivity contribution is 7.98.